The Labute approximate surface area is 239 Å². The smallest absolute Gasteiger partial charge is 0.261 e. The van der Waals surface area contributed by atoms with Crippen molar-refractivity contribution in [2.24, 2.45) is 0 Å². The number of pyridine rings is 1. The normalized spacial score (nSPS) is 15.0. The monoisotopic (exact) mass is 553 g/mol. The number of aromatic nitrogens is 1. The molecular weight excluding hydrogens is 518 g/mol. The zero-order valence-electron chi connectivity index (χ0n) is 22.7. The van der Waals surface area contributed by atoms with Gasteiger partial charge in [-0.1, -0.05) is 55.5 Å². The summed E-state index contributed by atoms with van der Waals surface area (Å²) in [6.45, 7) is 8.75. The minimum absolute atomic E-state index is 0.0889. The Morgan fingerprint density at radius 2 is 1.75 bits per heavy atom. The second kappa shape index (κ2) is 13.0. The fourth-order valence-corrected chi connectivity index (χ4v) is 5.94. The Hall–Kier alpha value is -3.85. The average molecular weight is 554 g/mol. The van der Waals surface area contributed by atoms with Crippen molar-refractivity contribution in [3.63, 3.8) is 0 Å². The summed E-state index contributed by atoms with van der Waals surface area (Å²) >= 11 is 1.44. The van der Waals surface area contributed by atoms with Crippen molar-refractivity contribution < 1.29 is 9.90 Å². The molecule has 1 saturated heterocycles. The van der Waals surface area contributed by atoms with E-state index in [4.69, 9.17) is 5.41 Å². The third kappa shape index (κ3) is 6.83. The van der Waals surface area contributed by atoms with Gasteiger partial charge in [0, 0.05) is 73.3 Å². The number of hydrogen-bond acceptors (Lipinski definition) is 7. The zero-order chi connectivity index (χ0) is 27.9. The molecule has 1 unspecified atom stereocenters. The highest BCUT2D eigenvalue weighted by Crippen LogP contribution is 2.31. The summed E-state index contributed by atoms with van der Waals surface area (Å²) in [5.74, 6) is -0.141. The lowest BCUT2D eigenvalue weighted by atomic mass is 9.97. The van der Waals surface area contributed by atoms with E-state index in [0.29, 0.717) is 21.7 Å². The number of nitrogens with one attached hydrogen (secondary N) is 2. The van der Waals surface area contributed by atoms with Gasteiger partial charge in [-0.05, 0) is 41.9 Å². The van der Waals surface area contributed by atoms with Gasteiger partial charge >= 0.3 is 0 Å². The molecule has 1 amide bonds. The van der Waals surface area contributed by atoms with Crippen LogP contribution in [-0.4, -0.2) is 64.2 Å². The number of thiophene rings is 1. The van der Waals surface area contributed by atoms with Gasteiger partial charge < -0.3 is 20.7 Å². The number of amides is 1. The molecule has 2 aromatic carbocycles. The molecule has 8 heteroatoms. The predicted octanol–water partition coefficient (Wildman–Crippen LogP) is 5.58. The number of carbonyl (C=O) groups excluding carboxylic acids is 1. The van der Waals surface area contributed by atoms with Crippen LogP contribution in [0.5, 0.6) is 5.75 Å². The molecule has 4 aromatic rings. The summed E-state index contributed by atoms with van der Waals surface area (Å²) in [4.78, 5) is 24.1. The van der Waals surface area contributed by atoms with Crippen LogP contribution >= 0.6 is 11.3 Å². The Morgan fingerprint density at radius 1 is 1.00 bits per heavy atom. The molecule has 0 spiro atoms. The molecule has 206 valence electrons. The standard InChI is InChI=1S/C32H35N5O2S/c1-2-36-16-18-37(19-17-36)22-23-9-11-24(12-10-23)30-13-14-31(40-30)32(39)35-28(26-7-3-4-8-29(26)38)20-27(33)25-6-5-15-34-21-25/h3-15,21,28,33,38H,2,16-20,22H2,1H3,(H,35,39). The van der Waals surface area contributed by atoms with Crippen molar-refractivity contribution in [2.45, 2.75) is 25.9 Å². The summed E-state index contributed by atoms with van der Waals surface area (Å²) in [7, 11) is 0. The molecule has 3 heterocycles. The minimum atomic E-state index is -0.564. The average Bonchev–Trinajstić information content (AvgIpc) is 3.49. The van der Waals surface area contributed by atoms with Crippen molar-refractivity contribution in [1.82, 2.24) is 20.1 Å². The molecule has 3 N–H and O–H groups in total. The highest BCUT2D eigenvalue weighted by Gasteiger charge is 2.22. The first-order chi connectivity index (χ1) is 19.5. The van der Waals surface area contributed by atoms with Gasteiger partial charge in [-0.3, -0.25) is 14.7 Å². The van der Waals surface area contributed by atoms with Gasteiger partial charge in [-0.2, -0.15) is 0 Å². The topological polar surface area (TPSA) is 92.5 Å². The van der Waals surface area contributed by atoms with Crippen LogP contribution in [0, 0.1) is 5.41 Å². The Bertz CT molecular complexity index is 1430. The number of phenols is 1. The second-order valence-electron chi connectivity index (χ2n) is 10.1. The number of phenolic OH excluding ortho intramolecular Hbond substituents is 1. The minimum Gasteiger partial charge on any atom is -0.508 e. The van der Waals surface area contributed by atoms with Crippen LogP contribution < -0.4 is 5.32 Å². The fraction of sp³-hybridized carbons (Fsp3) is 0.281. The molecule has 1 aliphatic heterocycles. The van der Waals surface area contributed by atoms with Crippen LogP contribution in [0.4, 0.5) is 0 Å². The number of benzene rings is 2. The highest BCUT2D eigenvalue weighted by molar-refractivity contribution is 7.17. The molecule has 0 bridgehead atoms. The van der Waals surface area contributed by atoms with E-state index in [0.717, 1.165) is 49.7 Å². The van der Waals surface area contributed by atoms with Crippen LogP contribution in [-0.2, 0) is 6.54 Å². The second-order valence-corrected chi connectivity index (χ2v) is 11.2. The maximum atomic E-state index is 13.3. The van der Waals surface area contributed by atoms with Gasteiger partial charge in [0.05, 0.1) is 10.9 Å². The Kier molecular flexibility index (Phi) is 9.01. The number of rotatable bonds is 10. The van der Waals surface area contributed by atoms with E-state index in [1.54, 1.807) is 36.7 Å². The van der Waals surface area contributed by atoms with E-state index < -0.39 is 6.04 Å². The molecule has 1 atom stereocenters. The third-order valence-corrected chi connectivity index (χ3v) is 8.56. The van der Waals surface area contributed by atoms with Gasteiger partial charge in [0.25, 0.3) is 5.91 Å². The summed E-state index contributed by atoms with van der Waals surface area (Å²) in [6.07, 6.45) is 3.52. The van der Waals surface area contributed by atoms with Crippen molar-refractivity contribution in [3.05, 3.63) is 107 Å². The number of nitrogens with zero attached hydrogens (tertiary/aromatic N) is 3. The molecule has 0 aliphatic carbocycles. The molecular formula is C32H35N5O2S. The number of para-hydroxylation sites is 1. The largest absolute Gasteiger partial charge is 0.508 e. The number of aromatic hydroxyl groups is 1. The molecule has 5 rings (SSSR count). The first-order valence-corrected chi connectivity index (χ1v) is 14.5. The van der Waals surface area contributed by atoms with E-state index >= 15 is 0 Å². The number of likely N-dealkylation sites (N-methyl/N-ethyl adjacent to an activating group) is 1. The first kappa shape index (κ1) is 27.7. The first-order valence-electron chi connectivity index (χ1n) is 13.7. The lowest BCUT2D eigenvalue weighted by Crippen LogP contribution is -2.45. The highest BCUT2D eigenvalue weighted by atomic mass is 32.1. The molecule has 1 aliphatic rings. The molecule has 1 fully saturated rings. The van der Waals surface area contributed by atoms with Gasteiger partial charge in [-0.15, -0.1) is 11.3 Å². The maximum absolute atomic E-state index is 13.3. The lowest BCUT2D eigenvalue weighted by Gasteiger charge is -2.34. The molecule has 7 nitrogen and oxygen atoms in total. The summed E-state index contributed by atoms with van der Waals surface area (Å²) in [6, 6.07) is 22.4. The van der Waals surface area contributed by atoms with Crippen molar-refractivity contribution >= 4 is 23.0 Å². The molecule has 2 aromatic heterocycles. The van der Waals surface area contributed by atoms with Crippen molar-refractivity contribution in [1.29, 1.82) is 5.41 Å². The van der Waals surface area contributed by atoms with Crippen LogP contribution in [0.15, 0.2) is 85.2 Å². The van der Waals surface area contributed by atoms with E-state index in [1.807, 2.05) is 24.3 Å². The van der Waals surface area contributed by atoms with Gasteiger partial charge in [0.2, 0.25) is 0 Å². The zero-order valence-corrected chi connectivity index (χ0v) is 23.5. The molecule has 40 heavy (non-hydrogen) atoms. The van der Waals surface area contributed by atoms with Gasteiger partial charge in [0.1, 0.15) is 5.75 Å². The Morgan fingerprint density at radius 3 is 2.45 bits per heavy atom. The van der Waals surface area contributed by atoms with E-state index in [2.05, 4.69) is 51.3 Å². The molecule has 0 saturated carbocycles. The quantitative estimate of drug-likeness (QED) is 0.223. The number of carbonyl (C=O) groups is 1. The van der Waals surface area contributed by atoms with Gasteiger partial charge in [-0.25, -0.2) is 0 Å². The van der Waals surface area contributed by atoms with Crippen molar-refractivity contribution in [2.75, 3.05) is 32.7 Å². The van der Waals surface area contributed by atoms with Crippen LogP contribution in [0.25, 0.3) is 10.4 Å². The number of piperazine rings is 1. The van der Waals surface area contributed by atoms with Crippen LogP contribution in [0.1, 0.15) is 45.7 Å². The predicted molar refractivity (Wildman–Crippen MR) is 161 cm³/mol. The van der Waals surface area contributed by atoms with E-state index in [9.17, 15) is 9.90 Å². The molecule has 0 radical (unpaired) electrons. The fourth-order valence-electron chi connectivity index (χ4n) is 5.02. The van der Waals surface area contributed by atoms with Gasteiger partial charge in [0.15, 0.2) is 0 Å². The summed E-state index contributed by atoms with van der Waals surface area (Å²) in [5, 5.41) is 22.2. The van der Waals surface area contributed by atoms with Crippen molar-refractivity contribution in [3.8, 4) is 16.2 Å². The number of hydrogen-bond donors (Lipinski definition) is 3. The maximum Gasteiger partial charge on any atom is 0.261 e. The Balaban J connectivity index is 1.26. The lowest BCUT2D eigenvalue weighted by molar-refractivity contribution is 0.0941. The van der Waals surface area contributed by atoms with Crippen LogP contribution in [0.3, 0.4) is 0 Å². The SMILES string of the molecule is CCN1CCN(Cc2ccc(-c3ccc(C(=O)NC(CC(=N)c4cccnc4)c4ccccc4O)s3)cc2)CC1. The van der Waals surface area contributed by atoms with Crippen LogP contribution in [0.2, 0.25) is 0 Å². The van der Waals surface area contributed by atoms with E-state index in [-0.39, 0.29) is 18.1 Å². The summed E-state index contributed by atoms with van der Waals surface area (Å²) < 4.78 is 0. The summed E-state index contributed by atoms with van der Waals surface area (Å²) in [5.41, 5.74) is 3.97. The van der Waals surface area contributed by atoms with E-state index in [1.165, 1.54) is 16.9 Å². The third-order valence-electron chi connectivity index (χ3n) is 7.42.